The van der Waals surface area contributed by atoms with Crippen LogP contribution in [0.1, 0.15) is 91.4 Å². The third kappa shape index (κ3) is 10.8. The van der Waals surface area contributed by atoms with E-state index in [1.165, 1.54) is 13.3 Å². The van der Waals surface area contributed by atoms with Crippen LogP contribution >= 0.6 is 0 Å². The molecule has 0 radical (unpaired) electrons. The summed E-state index contributed by atoms with van der Waals surface area (Å²) in [5.41, 5.74) is -1.68. The maximum Gasteiger partial charge on any atom is 0.232 e. The topological polar surface area (TPSA) is 86.6 Å². The fourth-order valence-corrected chi connectivity index (χ4v) is 2.68. The van der Waals surface area contributed by atoms with Gasteiger partial charge < -0.3 is 15.5 Å². The Morgan fingerprint density at radius 3 is 2.04 bits per heavy atom. The minimum atomic E-state index is -1.68. The molecule has 5 heteroatoms. The third-order valence-corrected chi connectivity index (χ3v) is 4.28. The molecule has 142 valence electrons. The van der Waals surface area contributed by atoms with E-state index in [2.05, 4.69) is 19.2 Å². The third-order valence-electron chi connectivity index (χ3n) is 4.28. The Morgan fingerprint density at radius 1 is 0.958 bits per heavy atom. The van der Waals surface area contributed by atoms with Crippen LogP contribution in [0.3, 0.4) is 0 Å². The zero-order chi connectivity index (χ0) is 18.4. The highest BCUT2D eigenvalue weighted by Gasteiger charge is 2.30. The predicted octanol–water partition coefficient (Wildman–Crippen LogP) is 3.32. The van der Waals surface area contributed by atoms with Gasteiger partial charge in [-0.3, -0.25) is 9.59 Å². The quantitative estimate of drug-likeness (QED) is 0.242. The normalized spacial score (nSPS) is 14.9. The Bertz CT molecular complexity index is 355. The first-order chi connectivity index (χ1) is 11.4. The van der Waals surface area contributed by atoms with Crippen LogP contribution in [0.2, 0.25) is 0 Å². The zero-order valence-electron chi connectivity index (χ0n) is 15.8. The van der Waals surface area contributed by atoms with Crippen molar-refractivity contribution in [3.8, 4) is 0 Å². The molecule has 0 spiro atoms. The van der Waals surface area contributed by atoms with Gasteiger partial charge in [0.1, 0.15) is 5.78 Å². The molecule has 1 amide bonds. The van der Waals surface area contributed by atoms with Gasteiger partial charge in [0, 0.05) is 6.42 Å². The highest BCUT2D eigenvalue weighted by Crippen LogP contribution is 2.17. The zero-order valence-corrected chi connectivity index (χ0v) is 15.8. The van der Waals surface area contributed by atoms with Gasteiger partial charge in [-0.25, -0.2) is 0 Å². The van der Waals surface area contributed by atoms with Gasteiger partial charge in [-0.05, 0) is 19.8 Å². The van der Waals surface area contributed by atoms with E-state index < -0.39 is 24.2 Å². The van der Waals surface area contributed by atoms with E-state index in [1.807, 2.05) is 0 Å². The Hall–Kier alpha value is -0.940. The summed E-state index contributed by atoms with van der Waals surface area (Å²) in [5.74, 6) is -1.23. The van der Waals surface area contributed by atoms with Gasteiger partial charge in [-0.15, -0.1) is 0 Å². The van der Waals surface area contributed by atoms with E-state index in [-0.39, 0.29) is 5.78 Å². The first-order valence-electron chi connectivity index (χ1n) is 9.56. The number of carbonyl (C=O) groups is 2. The van der Waals surface area contributed by atoms with Gasteiger partial charge in [-0.1, -0.05) is 65.2 Å². The molecule has 3 N–H and O–H groups in total. The van der Waals surface area contributed by atoms with Crippen LogP contribution in [0.15, 0.2) is 0 Å². The lowest BCUT2D eigenvalue weighted by atomic mass is 9.92. The molecule has 0 aliphatic rings. The van der Waals surface area contributed by atoms with Crippen LogP contribution in [-0.4, -0.2) is 34.2 Å². The van der Waals surface area contributed by atoms with E-state index in [1.54, 1.807) is 0 Å². The summed E-state index contributed by atoms with van der Waals surface area (Å²) < 4.78 is 0. The van der Waals surface area contributed by atoms with Crippen molar-refractivity contribution in [3.05, 3.63) is 0 Å². The number of ketones is 1. The molecular formula is C19H37NO4. The van der Waals surface area contributed by atoms with Gasteiger partial charge in [0.2, 0.25) is 5.91 Å². The number of nitrogens with one attached hydrogen (secondary N) is 1. The van der Waals surface area contributed by atoms with Crippen LogP contribution in [-0.2, 0) is 9.59 Å². The second kappa shape index (κ2) is 13.4. The van der Waals surface area contributed by atoms with Crippen LogP contribution in [0.4, 0.5) is 0 Å². The van der Waals surface area contributed by atoms with Crippen molar-refractivity contribution in [3.63, 3.8) is 0 Å². The molecule has 0 aromatic carbocycles. The average Bonchev–Trinajstić information content (AvgIpc) is 2.54. The standard InChI is InChI=1S/C19H37NO4/c1-4-6-8-10-12-14-17(22)16(13-11-9-7-5-2)18(23)20-19(3,24)15-21/h16,21,24H,4-15H2,1-3H3,(H,20,23). The average molecular weight is 344 g/mol. The first kappa shape index (κ1) is 23.1. The largest absolute Gasteiger partial charge is 0.391 e. The molecule has 0 aromatic heterocycles. The number of aliphatic hydroxyl groups is 2. The molecule has 0 aliphatic carbocycles. The molecule has 0 saturated heterocycles. The lowest BCUT2D eigenvalue weighted by Crippen LogP contribution is -2.51. The number of hydrogen-bond donors (Lipinski definition) is 3. The van der Waals surface area contributed by atoms with Crippen molar-refractivity contribution in [1.29, 1.82) is 0 Å². The summed E-state index contributed by atoms with van der Waals surface area (Å²) in [6.45, 7) is 5.01. The minimum Gasteiger partial charge on any atom is -0.391 e. The smallest absolute Gasteiger partial charge is 0.232 e. The number of rotatable bonds is 15. The molecule has 0 rings (SSSR count). The summed E-state index contributed by atoms with van der Waals surface area (Å²) in [7, 11) is 0. The van der Waals surface area contributed by atoms with E-state index in [9.17, 15) is 14.7 Å². The number of amides is 1. The minimum absolute atomic E-state index is 0.0470. The SMILES string of the molecule is CCCCCCCC(=O)C(CCCCCC)C(=O)NC(C)(O)CO. The number of carbonyl (C=O) groups excluding carboxylic acids is 2. The van der Waals surface area contributed by atoms with Crippen molar-refractivity contribution in [2.24, 2.45) is 5.92 Å². The summed E-state index contributed by atoms with van der Waals surface area (Å²) >= 11 is 0. The number of unbranched alkanes of at least 4 members (excludes halogenated alkanes) is 7. The molecule has 24 heavy (non-hydrogen) atoms. The van der Waals surface area contributed by atoms with Gasteiger partial charge in [0.15, 0.2) is 5.72 Å². The van der Waals surface area contributed by atoms with E-state index >= 15 is 0 Å². The molecule has 0 bridgehead atoms. The maximum atomic E-state index is 12.5. The van der Waals surface area contributed by atoms with Gasteiger partial charge in [-0.2, -0.15) is 0 Å². The number of hydrogen-bond acceptors (Lipinski definition) is 4. The van der Waals surface area contributed by atoms with Crippen LogP contribution < -0.4 is 5.32 Å². The van der Waals surface area contributed by atoms with Crippen LogP contribution in [0.25, 0.3) is 0 Å². The van der Waals surface area contributed by atoms with Gasteiger partial charge >= 0.3 is 0 Å². The Balaban J connectivity index is 4.54. The first-order valence-corrected chi connectivity index (χ1v) is 9.56. The lowest BCUT2D eigenvalue weighted by Gasteiger charge is -2.25. The molecule has 0 heterocycles. The predicted molar refractivity (Wildman–Crippen MR) is 96.5 cm³/mol. The maximum absolute atomic E-state index is 12.5. The Labute approximate surface area is 147 Å². The number of Topliss-reactive ketones (excluding diaryl/α,β-unsaturated/α-hetero) is 1. The van der Waals surface area contributed by atoms with E-state index in [4.69, 9.17) is 5.11 Å². The van der Waals surface area contributed by atoms with E-state index in [0.717, 1.165) is 51.4 Å². The van der Waals surface area contributed by atoms with Crippen LogP contribution in [0, 0.1) is 5.92 Å². The highest BCUT2D eigenvalue weighted by atomic mass is 16.3. The molecule has 5 nitrogen and oxygen atoms in total. The molecule has 0 aliphatic heterocycles. The molecule has 0 aromatic rings. The van der Waals surface area contributed by atoms with Crippen LogP contribution in [0.5, 0.6) is 0 Å². The van der Waals surface area contributed by atoms with Crippen molar-refractivity contribution >= 4 is 11.7 Å². The molecule has 2 atom stereocenters. The Kier molecular flexibility index (Phi) is 12.8. The monoisotopic (exact) mass is 343 g/mol. The molecule has 0 saturated carbocycles. The van der Waals surface area contributed by atoms with Crippen molar-refractivity contribution in [2.75, 3.05) is 6.61 Å². The summed E-state index contributed by atoms with van der Waals surface area (Å²) in [6.07, 6.45) is 10.2. The summed E-state index contributed by atoms with van der Waals surface area (Å²) in [6, 6.07) is 0. The van der Waals surface area contributed by atoms with E-state index in [0.29, 0.717) is 12.8 Å². The lowest BCUT2D eigenvalue weighted by molar-refractivity contribution is -0.140. The highest BCUT2D eigenvalue weighted by molar-refractivity contribution is 6.01. The van der Waals surface area contributed by atoms with Crippen molar-refractivity contribution < 1.29 is 19.8 Å². The Morgan fingerprint density at radius 2 is 1.50 bits per heavy atom. The molecule has 2 unspecified atom stereocenters. The molecular weight excluding hydrogens is 306 g/mol. The van der Waals surface area contributed by atoms with Gasteiger partial charge in [0.25, 0.3) is 0 Å². The summed E-state index contributed by atoms with van der Waals surface area (Å²) in [5, 5.41) is 21.3. The van der Waals surface area contributed by atoms with Crippen molar-refractivity contribution in [1.82, 2.24) is 5.32 Å². The number of aliphatic hydroxyl groups excluding tert-OH is 1. The fourth-order valence-electron chi connectivity index (χ4n) is 2.68. The fraction of sp³-hybridized carbons (Fsp3) is 0.895. The van der Waals surface area contributed by atoms with Crippen molar-refractivity contribution in [2.45, 2.75) is 97.1 Å². The second-order valence-electron chi connectivity index (χ2n) is 6.95. The van der Waals surface area contributed by atoms with Gasteiger partial charge in [0.05, 0.1) is 12.5 Å². The molecule has 0 fully saturated rings. The summed E-state index contributed by atoms with van der Waals surface area (Å²) in [4.78, 5) is 24.8. The second-order valence-corrected chi connectivity index (χ2v) is 6.95.